The van der Waals surface area contributed by atoms with E-state index in [0.29, 0.717) is 10.6 Å². The zero-order valence-corrected chi connectivity index (χ0v) is 27.8. The smallest absolute Gasteiger partial charge is 0.408 e. The number of alkyl carbamates (subject to hydrolysis) is 2. The summed E-state index contributed by atoms with van der Waals surface area (Å²) in [6, 6.07) is 5.81. The van der Waals surface area contributed by atoms with E-state index in [1.54, 1.807) is 41.5 Å². The van der Waals surface area contributed by atoms with Gasteiger partial charge in [-0.05, 0) is 59.2 Å². The number of aromatic nitrogens is 1. The van der Waals surface area contributed by atoms with Crippen molar-refractivity contribution in [3.63, 3.8) is 0 Å². The summed E-state index contributed by atoms with van der Waals surface area (Å²) in [6.45, 7) is 17.0. The van der Waals surface area contributed by atoms with Gasteiger partial charge in [-0.15, -0.1) is 11.8 Å². The second kappa shape index (κ2) is 14.3. The molecule has 0 saturated carbocycles. The van der Waals surface area contributed by atoms with E-state index in [0.717, 1.165) is 16.9 Å². The van der Waals surface area contributed by atoms with Crippen LogP contribution in [0.5, 0.6) is 0 Å². The highest BCUT2D eigenvalue weighted by Gasteiger charge is 2.30. The number of nitrogens with one attached hydrogen (secondary N) is 3. The van der Waals surface area contributed by atoms with E-state index in [9.17, 15) is 24.3 Å². The fourth-order valence-corrected chi connectivity index (χ4v) is 5.51. The maximum Gasteiger partial charge on any atom is 0.408 e. The lowest BCUT2D eigenvalue weighted by Crippen LogP contribution is -2.47. The first-order valence-corrected chi connectivity index (χ1v) is 18.5. The van der Waals surface area contributed by atoms with Crippen molar-refractivity contribution in [2.75, 3.05) is 12.4 Å². The third-order valence-corrected chi connectivity index (χ3v) is 8.48. The molecule has 1 aromatic heterocycles. The zero-order chi connectivity index (χ0) is 31.9. The number of hydrogen-bond acceptors (Lipinski definition) is 8. The Balaban J connectivity index is 2.29. The van der Waals surface area contributed by atoms with Crippen LogP contribution in [-0.4, -0.2) is 77.9 Å². The number of H-pyrrole nitrogens is 1. The van der Waals surface area contributed by atoms with Crippen molar-refractivity contribution in [3.8, 4) is 0 Å². The molecule has 0 aliphatic heterocycles. The standard InChI is InChI=1S/C29H45N3O8SSi/c1-28(2,3)39-25(35)22(32-27(37)40-29(4,5)6)17-41-23-19(18-12-10-11-13-20(18)30-23)16-21(24(33)34)31-26(36)38-14-15-42(7,8)9/h10-13,21-22,30H,14-17H2,1-9H3,(H,31,36)(H,32,37)(H,33,34)/t21-,22-/m0/s1. The quantitative estimate of drug-likeness (QED) is 0.103. The van der Waals surface area contributed by atoms with E-state index >= 15 is 0 Å². The van der Waals surface area contributed by atoms with Crippen LogP contribution in [-0.2, 0) is 30.2 Å². The molecule has 42 heavy (non-hydrogen) atoms. The van der Waals surface area contributed by atoms with Gasteiger partial charge in [0.05, 0.1) is 11.6 Å². The highest BCUT2D eigenvalue weighted by Crippen LogP contribution is 2.32. The molecule has 0 unspecified atom stereocenters. The van der Waals surface area contributed by atoms with Crippen molar-refractivity contribution in [2.24, 2.45) is 0 Å². The number of esters is 1. The Labute approximate surface area is 252 Å². The fourth-order valence-electron chi connectivity index (χ4n) is 3.70. The number of carbonyl (C=O) groups excluding carboxylic acids is 3. The highest BCUT2D eigenvalue weighted by atomic mass is 32.2. The second-order valence-electron chi connectivity index (χ2n) is 13.2. The minimum absolute atomic E-state index is 0.0403. The largest absolute Gasteiger partial charge is 0.480 e. The van der Waals surface area contributed by atoms with Gasteiger partial charge < -0.3 is 34.9 Å². The van der Waals surface area contributed by atoms with E-state index < -0.39 is 55.5 Å². The minimum Gasteiger partial charge on any atom is -0.480 e. The first-order valence-electron chi connectivity index (χ1n) is 13.8. The van der Waals surface area contributed by atoms with Crippen LogP contribution >= 0.6 is 11.8 Å². The molecule has 234 valence electrons. The van der Waals surface area contributed by atoms with Crippen LogP contribution in [0.1, 0.15) is 47.1 Å². The molecule has 1 aromatic carbocycles. The number of rotatable bonds is 12. The Bertz CT molecular complexity index is 1260. The zero-order valence-electron chi connectivity index (χ0n) is 26.0. The number of hydrogen-bond donors (Lipinski definition) is 4. The normalized spacial score (nSPS) is 13.6. The topological polar surface area (TPSA) is 156 Å². The van der Waals surface area contributed by atoms with Gasteiger partial charge in [0.15, 0.2) is 0 Å². The van der Waals surface area contributed by atoms with Crippen molar-refractivity contribution in [1.29, 1.82) is 0 Å². The maximum atomic E-state index is 13.0. The third-order valence-electron chi connectivity index (χ3n) is 5.63. The summed E-state index contributed by atoms with van der Waals surface area (Å²) >= 11 is 1.23. The van der Waals surface area contributed by atoms with E-state index in [2.05, 4.69) is 35.3 Å². The number of ether oxygens (including phenoxy) is 3. The van der Waals surface area contributed by atoms with Gasteiger partial charge in [-0.2, -0.15) is 0 Å². The molecule has 1 heterocycles. The van der Waals surface area contributed by atoms with Gasteiger partial charge in [-0.3, -0.25) is 0 Å². The van der Waals surface area contributed by atoms with Gasteiger partial charge in [0.2, 0.25) is 0 Å². The lowest BCUT2D eigenvalue weighted by atomic mass is 10.1. The fraction of sp³-hybridized carbons (Fsp3) is 0.586. The van der Waals surface area contributed by atoms with E-state index in [1.807, 2.05) is 24.3 Å². The van der Waals surface area contributed by atoms with Gasteiger partial charge in [-0.25, -0.2) is 19.2 Å². The second-order valence-corrected chi connectivity index (χ2v) is 19.9. The van der Waals surface area contributed by atoms with E-state index in [1.165, 1.54) is 11.8 Å². The summed E-state index contributed by atoms with van der Waals surface area (Å²) in [5.41, 5.74) is -0.155. The minimum atomic E-state index is -1.43. The first-order chi connectivity index (χ1) is 19.2. The number of fused-ring (bicyclic) bond motifs is 1. The van der Waals surface area contributed by atoms with E-state index in [-0.39, 0.29) is 18.8 Å². The molecular formula is C29H45N3O8SSi. The van der Waals surface area contributed by atoms with Crippen LogP contribution in [0, 0.1) is 0 Å². The van der Waals surface area contributed by atoms with Gasteiger partial charge in [0, 0.05) is 31.2 Å². The van der Waals surface area contributed by atoms with Crippen molar-refractivity contribution >= 4 is 54.9 Å². The molecule has 0 saturated heterocycles. The number of aliphatic carboxylic acids is 1. The van der Waals surface area contributed by atoms with Gasteiger partial charge >= 0.3 is 24.1 Å². The lowest BCUT2D eigenvalue weighted by Gasteiger charge is -2.26. The predicted octanol–water partition coefficient (Wildman–Crippen LogP) is 5.56. The van der Waals surface area contributed by atoms with Crippen molar-refractivity contribution in [2.45, 2.75) is 102 Å². The molecule has 2 amide bonds. The molecule has 0 aliphatic carbocycles. The molecule has 4 N–H and O–H groups in total. The Hall–Kier alpha value is -3.19. The number of carboxylic acids is 1. The summed E-state index contributed by atoms with van der Waals surface area (Å²) in [4.78, 5) is 53.4. The van der Waals surface area contributed by atoms with Crippen LogP contribution in [0.3, 0.4) is 0 Å². The van der Waals surface area contributed by atoms with Gasteiger partial charge in [-0.1, -0.05) is 37.8 Å². The van der Waals surface area contributed by atoms with Crippen LogP contribution in [0.25, 0.3) is 10.9 Å². The van der Waals surface area contributed by atoms with Crippen LogP contribution in [0.2, 0.25) is 25.7 Å². The van der Waals surface area contributed by atoms with Crippen molar-refractivity contribution in [3.05, 3.63) is 29.8 Å². The summed E-state index contributed by atoms with van der Waals surface area (Å²) < 4.78 is 16.1. The maximum absolute atomic E-state index is 13.0. The predicted molar refractivity (Wildman–Crippen MR) is 166 cm³/mol. The summed E-state index contributed by atoms with van der Waals surface area (Å²) in [7, 11) is -1.43. The summed E-state index contributed by atoms with van der Waals surface area (Å²) in [5.74, 6) is -1.78. The molecule has 0 radical (unpaired) electrons. The lowest BCUT2D eigenvalue weighted by molar-refractivity contribution is -0.156. The number of carboxylic acid groups (broad SMARTS) is 1. The Morgan fingerprint density at radius 3 is 2.10 bits per heavy atom. The summed E-state index contributed by atoms with van der Waals surface area (Å²) in [6.07, 6.45) is -1.60. The first kappa shape index (κ1) is 35.0. The molecule has 2 aromatic rings. The average Bonchev–Trinajstić information content (AvgIpc) is 3.15. The Morgan fingerprint density at radius 1 is 0.929 bits per heavy atom. The highest BCUT2D eigenvalue weighted by molar-refractivity contribution is 7.99. The monoisotopic (exact) mass is 623 g/mol. The van der Waals surface area contributed by atoms with Gasteiger partial charge in [0.25, 0.3) is 0 Å². The van der Waals surface area contributed by atoms with Crippen molar-refractivity contribution in [1.82, 2.24) is 15.6 Å². The molecular weight excluding hydrogens is 578 g/mol. The van der Waals surface area contributed by atoms with Crippen LogP contribution < -0.4 is 10.6 Å². The number of aromatic amines is 1. The van der Waals surface area contributed by atoms with Gasteiger partial charge in [0.1, 0.15) is 23.3 Å². The Kier molecular flexibility index (Phi) is 11.9. The number of carbonyl (C=O) groups is 4. The molecule has 11 nitrogen and oxygen atoms in total. The average molecular weight is 624 g/mol. The molecule has 0 spiro atoms. The Morgan fingerprint density at radius 2 is 1.52 bits per heavy atom. The molecule has 2 rings (SSSR count). The molecule has 0 fully saturated rings. The molecule has 0 aliphatic rings. The number of thioether (sulfide) groups is 1. The molecule has 2 atom stereocenters. The number of amides is 2. The number of benzene rings is 1. The summed E-state index contributed by atoms with van der Waals surface area (Å²) in [5, 5.41) is 16.4. The van der Waals surface area contributed by atoms with Crippen LogP contribution in [0.4, 0.5) is 9.59 Å². The third kappa shape index (κ3) is 12.4. The van der Waals surface area contributed by atoms with E-state index in [4.69, 9.17) is 14.2 Å². The van der Waals surface area contributed by atoms with Crippen LogP contribution in [0.15, 0.2) is 29.3 Å². The number of para-hydroxylation sites is 1. The SMILES string of the molecule is CC(C)(C)OC(=O)N[C@@H](CSc1[nH]c2ccccc2c1C[C@H](NC(=O)OCC[Si](C)(C)C)C(=O)O)C(=O)OC(C)(C)C. The van der Waals surface area contributed by atoms with Crippen molar-refractivity contribution < 1.29 is 38.5 Å². The molecule has 0 bridgehead atoms. The molecule has 13 heteroatoms.